The van der Waals surface area contributed by atoms with Gasteiger partial charge in [0.05, 0.1) is 25.9 Å². The SMILES string of the molecule is COc1ccc(NC[C@H](O)COc2ccc(N3C[C@H](CNC(C)=O)OC3=O)cc2F)cc1. The summed E-state index contributed by atoms with van der Waals surface area (Å²) in [6.45, 7) is 1.83. The van der Waals surface area contributed by atoms with Gasteiger partial charge in [-0.15, -0.1) is 0 Å². The number of anilines is 2. The number of ether oxygens (including phenoxy) is 3. The lowest BCUT2D eigenvalue weighted by Crippen LogP contribution is -2.33. The van der Waals surface area contributed by atoms with E-state index in [2.05, 4.69) is 10.6 Å². The maximum Gasteiger partial charge on any atom is 0.414 e. The molecule has 10 heteroatoms. The molecule has 1 aliphatic heterocycles. The van der Waals surface area contributed by atoms with Gasteiger partial charge in [0.15, 0.2) is 11.6 Å². The number of hydrogen-bond acceptors (Lipinski definition) is 7. The molecule has 2 amide bonds. The van der Waals surface area contributed by atoms with Crippen molar-refractivity contribution in [1.82, 2.24) is 5.32 Å². The first-order chi connectivity index (χ1) is 15.4. The molecule has 2 aromatic rings. The largest absolute Gasteiger partial charge is 0.497 e. The maximum absolute atomic E-state index is 14.5. The molecular weight excluding hydrogens is 421 g/mol. The zero-order valence-corrected chi connectivity index (χ0v) is 17.8. The van der Waals surface area contributed by atoms with Crippen LogP contribution in [-0.4, -0.2) is 62.7 Å². The predicted octanol–water partition coefficient (Wildman–Crippen LogP) is 2.15. The second-order valence-corrected chi connectivity index (χ2v) is 7.24. The first-order valence-corrected chi connectivity index (χ1v) is 10.1. The summed E-state index contributed by atoms with van der Waals surface area (Å²) < 4.78 is 30.1. The quantitative estimate of drug-likeness (QED) is 0.512. The molecule has 32 heavy (non-hydrogen) atoms. The summed E-state index contributed by atoms with van der Waals surface area (Å²) in [5, 5.41) is 15.7. The van der Waals surface area contributed by atoms with Gasteiger partial charge in [-0.2, -0.15) is 0 Å². The Morgan fingerprint density at radius 1 is 1.31 bits per heavy atom. The van der Waals surface area contributed by atoms with E-state index in [9.17, 15) is 19.1 Å². The maximum atomic E-state index is 14.5. The number of cyclic esters (lactones) is 1. The van der Waals surface area contributed by atoms with Gasteiger partial charge >= 0.3 is 6.09 Å². The average molecular weight is 447 g/mol. The molecular formula is C22H26FN3O6. The van der Waals surface area contributed by atoms with Crippen LogP contribution < -0.4 is 25.0 Å². The van der Waals surface area contributed by atoms with Crippen LogP contribution >= 0.6 is 0 Å². The van der Waals surface area contributed by atoms with Gasteiger partial charge in [-0.05, 0) is 36.4 Å². The zero-order valence-electron chi connectivity index (χ0n) is 17.8. The van der Waals surface area contributed by atoms with Gasteiger partial charge in [0.25, 0.3) is 0 Å². The van der Waals surface area contributed by atoms with Gasteiger partial charge in [-0.25, -0.2) is 9.18 Å². The molecule has 1 heterocycles. The van der Waals surface area contributed by atoms with Crippen LogP contribution in [0.15, 0.2) is 42.5 Å². The molecule has 0 spiro atoms. The summed E-state index contributed by atoms with van der Waals surface area (Å²) in [5.41, 5.74) is 1.11. The highest BCUT2D eigenvalue weighted by atomic mass is 19.1. The van der Waals surface area contributed by atoms with Gasteiger partial charge in [-0.1, -0.05) is 0 Å². The average Bonchev–Trinajstić information content (AvgIpc) is 3.16. The normalized spacial score (nSPS) is 16.3. The summed E-state index contributed by atoms with van der Waals surface area (Å²) in [6, 6.07) is 11.3. The fourth-order valence-corrected chi connectivity index (χ4v) is 3.06. The number of methoxy groups -OCH3 is 1. The molecule has 3 N–H and O–H groups in total. The molecule has 2 atom stereocenters. The number of nitrogens with one attached hydrogen (secondary N) is 2. The topological polar surface area (TPSA) is 109 Å². The van der Waals surface area contributed by atoms with Crippen LogP contribution in [0.1, 0.15) is 6.92 Å². The Hall–Kier alpha value is -3.53. The highest BCUT2D eigenvalue weighted by Crippen LogP contribution is 2.27. The van der Waals surface area contributed by atoms with Crippen LogP contribution in [-0.2, 0) is 9.53 Å². The van der Waals surface area contributed by atoms with E-state index >= 15 is 0 Å². The van der Waals surface area contributed by atoms with Crippen molar-refractivity contribution in [2.75, 3.05) is 43.6 Å². The standard InChI is InChI=1S/C22H26FN3O6/c1-14(27)24-11-19-12-26(22(29)32-19)16-5-8-21(20(23)9-16)31-13-17(28)10-25-15-3-6-18(30-2)7-4-15/h3-9,17,19,25,28H,10-13H2,1-2H3,(H,24,27)/t17-,19-/m0/s1. The zero-order chi connectivity index (χ0) is 23.1. The minimum atomic E-state index is -0.876. The van der Waals surface area contributed by atoms with Crippen molar-refractivity contribution >= 4 is 23.4 Å². The lowest BCUT2D eigenvalue weighted by atomic mass is 10.2. The van der Waals surface area contributed by atoms with Crippen molar-refractivity contribution in [3.8, 4) is 11.5 Å². The van der Waals surface area contributed by atoms with E-state index < -0.39 is 24.1 Å². The number of carbonyl (C=O) groups excluding carboxylic acids is 2. The van der Waals surface area contributed by atoms with Gasteiger partial charge in [0, 0.05) is 25.2 Å². The second-order valence-electron chi connectivity index (χ2n) is 7.24. The molecule has 0 radical (unpaired) electrons. The Morgan fingerprint density at radius 3 is 2.72 bits per heavy atom. The van der Waals surface area contributed by atoms with Crippen LogP contribution in [0.2, 0.25) is 0 Å². The lowest BCUT2D eigenvalue weighted by molar-refractivity contribution is -0.119. The van der Waals surface area contributed by atoms with Crippen molar-refractivity contribution in [2.45, 2.75) is 19.1 Å². The first kappa shape index (κ1) is 23.1. The Morgan fingerprint density at radius 2 is 2.06 bits per heavy atom. The molecule has 1 saturated heterocycles. The van der Waals surface area contributed by atoms with Crippen LogP contribution in [0.3, 0.4) is 0 Å². The molecule has 0 unspecified atom stereocenters. The van der Waals surface area contributed by atoms with E-state index in [-0.39, 0.29) is 37.9 Å². The van der Waals surface area contributed by atoms with Crippen molar-refractivity contribution < 1.29 is 33.3 Å². The Balaban J connectivity index is 1.49. The molecule has 0 aromatic heterocycles. The minimum absolute atomic E-state index is 0.0420. The fraction of sp³-hybridized carbons (Fsp3) is 0.364. The minimum Gasteiger partial charge on any atom is -0.497 e. The molecule has 2 aromatic carbocycles. The highest BCUT2D eigenvalue weighted by Gasteiger charge is 2.32. The number of halogens is 1. The number of aliphatic hydroxyl groups is 1. The Kier molecular flexibility index (Phi) is 7.72. The van der Waals surface area contributed by atoms with Gasteiger partial charge in [0.1, 0.15) is 24.6 Å². The summed E-state index contributed by atoms with van der Waals surface area (Å²) >= 11 is 0. The fourth-order valence-electron chi connectivity index (χ4n) is 3.06. The van der Waals surface area contributed by atoms with Crippen LogP contribution in [0.25, 0.3) is 0 Å². The first-order valence-electron chi connectivity index (χ1n) is 10.1. The van der Waals surface area contributed by atoms with Crippen LogP contribution in [0.5, 0.6) is 11.5 Å². The van der Waals surface area contributed by atoms with E-state index in [1.165, 1.54) is 30.0 Å². The predicted molar refractivity (Wildman–Crippen MR) is 116 cm³/mol. The summed E-state index contributed by atoms with van der Waals surface area (Å²) in [4.78, 5) is 24.3. The van der Waals surface area contributed by atoms with Crippen molar-refractivity contribution in [1.29, 1.82) is 0 Å². The lowest BCUT2D eigenvalue weighted by Gasteiger charge is -2.17. The van der Waals surface area contributed by atoms with Crippen molar-refractivity contribution in [2.24, 2.45) is 0 Å². The Bertz CT molecular complexity index is 940. The van der Waals surface area contributed by atoms with Crippen LogP contribution in [0, 0.1) is 5.82 Å². The molecule has 0 saturated carbocycles. The Labute approximate surface area is 185 Å². The second kappa shape index (κ2) is 10.7. The molecule has 9 nitrogen and oxygen atoms in total. The van der Waals surface area contributed by atoms with E-state index in [1.807, 2.05) is 12.1 Å². The highest BCUT2D eigenvalue weighted by molar-refractivity contribution is 5.90. The van der Waals surface area contributed by atoms with E-state index in [1.54, 1.807) is 19.2 Å². The molecule has 1 aliphatic rings. The third kappa shape index (κ3) is 6.24. The number of aliphatic hydroxyl groups excluding tert-OH is 1. The van der Waals surface area contributed by atoms with Crippen molar-refractivity contribution in [3.05, 3.63) is 48.3 Å². The smallest absolute Gasteiger partial charge is 0.414 e. The molecule has 0 bridgehead atoms. The third-order valence-electron chi connectivity index (χ3n) is 4.74. The van der Waals surface area contributed by atoms with Gasteiger partial charge in [0.2, 0.25) is 5.91 Å². The number of carbonyl (C=O) groups is 2. The molecule has 0 aliphatic carbocycles. The number of nitrogens with zero attached hydrogens (tertiary/aromatic N) is 1. The van der Waals surface area contributed by atoms with Crippen LogP contribution in [0.4, 0.5) is 20.6 Å². The number of benzene rings is 2. The van der Waals surface area contributed by atoms with Gasteiger partial charge in [-0.3, -0.25) is 9.69 Å². The number of rotatable bonds is 10. The van der Waals surface area contributed by atoms with E-state index in [4.69, 9.17) is 14.2 Å². The van der Waals surface area contributed by atoms with Crippen molar-refractivity contribution in [3.63, 3.8) is 0 Å². The number of hydrogen-bond donors (Lipinski definition) is 3. The van der Waals surface area contributed by atoms with E-state index in [0.717, 1.165) is 11.4 Å². The summed E-state index contributed by atoms with van der Waals surface area (Å²) in [6.07, 6.45) is -2.01. The molecule has 3 rings (SSSR count). The van der Waals surface area contributed by atoms with Gasteiger partial charge < -0.3 is 30.0 Å². The third-order valence-corrected chi connectivity index (χ3v) is 4.74. The monoisotopic (exact) mass is 447 g/mol. The van der Waals surface area contributed by atoms with E-state index in [0.29, 0.717) is 5.69 Å². The molecule has 172 valence electrons. The molecule has 1 fully saturated rings. The summed E-state index contributed by atoms with van der Waals surface area (Å²) in [7, 11) is 1.58. The number of amides is 2. The summed E-state index contributed by atoms with van der Waals surface area (Å²) in [5.74, 6) is -0.215.